The van der Waals surface area contributed by atoms with Crippen molar-refractivity contribution < 1.29 is 14.7 Å². The molecular weight excluding hydrogens is 220 g/mol. The molecule has 1 amide bonds. The van der Waals surface area contributed by atoms with Crippen LogP contribution in [0.2, 0.25) is 0 Å². The van der Waals surface area contributed by atoms with Crippen molar-refractivity contribution in [2.24, 2.45) is 5.41 Å². The van der Waals surface area contributed by atoms with Gasteiger partial charge in [-0.05, 0) is 18.3 Å². The fraction of sp³-hybridized carbons (Fsp3) is 0.833. The lowest BCUT2D eigenvalue weighted by Crippen LogP contribution is -2.49. The Morgan fingerprint density at radius 1 is 1.35 bits per heavy atom. The predicted molar refractivity (Wildman–Crippen MR) is 64.7 cm³/mol. The number of hydrogen-bond acceptors (Lipinski definition) is 3. The van der Waals surface area contributed by atoms with Gasteiger partial charge in [0.15, 0.2) is 0 Å². The molecule has 0 aromatic carbocycles. The van der Waals surface area contributed by atoms with Crippen LogP contribution < -0.4 is 10.6 Å². The average molecular weight is 242 g/mol. The summed E-state index contributed by atoms with van der Waals surface area (Å²) >= 11 is 0. The van der Waals surface area contributed by atoms with Crippen molar-refractivity contribution in [1.29, 1.82) is 0 Å². The Hall–Kier alpha value is -1.10. The van der Waals surface area contributed by atoms with Gasteiger partial charge in [0.25, 0.3) is 0 Å². The van der Waals surface area contributed by atoms with Crippen molar-refractivity contribution in [3.63, 3.8) is 0 Å². The fourth-order valence-corrected chi connectivity index (χ4v) is 1.56. The fourth-order valence-electron chi connectivity index (χ4n) is 1.56. The van der Waals surface area contributed by atoms with E-state index < -0.39 is 17.4 Å². The van der Waals surface area contributed by atoms with Gasteiger partial charge in [-0.1, -0.05) is 20.8 Å². The second-order valence-corrected chi connectivity index (χ2v) is 5.68. The summed E-state index contributed by atoms with van der Waals surface area (Å²) in [5, 5.41) is 14.8. The molecule has 1 saturated carbocycles. The molecule has 3 N–H and O–H groups in total. The lowest BCUT2D eigenvalue weighted by Gasteiger charge is -2.27. The molecule has 1 atom stereocenters. The summed E-state index contributed by atoms with van der Waals surface area (Å²) in [5.74, 6) is -1.19. The van der Waals surface area contributed by atoms with Crippen LogP contribution in [0, 0.1) is 5.41 Å². The molecule has 5 nitrogen and oxygen atoms in total. The largest absolute Gasteiger partial charge is 0.480 e. The quantitative estimate of drug-likeness (QED) is 0.642. The van der Waals surface area contributed by atoms with Crippen molar-refractivity contribution in [3.05, 3.63) is 0 Å². The number of aliphatic carboxylic acids is 1. The lowest BCUT2D eigenvalue weighted by molar-refractivity contribution is -0.144. The molecule has 0 aliphatic heterocycles. The molecule has 1 aliphatic carbocycles. The Morgan fingerprint density at radius 3 is 2.35 bits per heavy atom. The van der Waals surface area contributed by atoms with Crippen LogP contribution in [0.5, 0.6) is 0 Å². The van der Waals surface area contributed by atoms with Crippen molar-refractivity contribution in [2.75, 3.05) is 6.54 Å². The van der Waals surface area contributed by atoms with Crippen LogP contribution in [0.1, 0.15) is 40.0 Å². The Bertz CT molecular complexity index is 293. The molecule has 0 radical (unpaired) electrons. The number of nitrogens with one attached hydrogen (secondary N) is 2. The van der Waals surface area contributed by atoms with Gasteiger partial charge in [0.1, 0.15) is 6.04 Å². The van der Waals surface area contributed by atoms with E-state index in [1.165, 1.54) is 12.8 Å². The highest BCUT2D eigenvalue weighted by atomic mass is 16.4. The lowest BCUT2D eigenvalue weighted by atomic mass is 9.86. The van der Waals surface area contributed by atoms with Gasteiger partial charge in [-0.15, -0.1) is 0 Å². The molecule has 0 unspecified atom stereocenters. The van der Waals surface area contributed by atoms with Gasteiger partial charge >= 0.3 is 5.97 Å². The third kappa shape index (κ3) is 5.17. The number of carbonyl (C=O) groups is 2. The first kappa shape index (κ1) is 14.0. The van der Waals surface area contributed by atoms with E-state index >= 15 is 0 Å². The first-order valence-corrected chi connectivity index (χ1v) is 6.06. The normalized spacial score (nSPS) is 17.6. The molecule has 1 aliphatic rings. The van der Waals surface area contributed by atoms with E-state index in [4.69, 9.17) is 5.11 Å². The molecule has 0 bridgehead atoms. The van der Waals surface area contributed by atoms with E-state index in [9.17, 15) is 9.59 Å². The second-order valence-electron chi connectivity index (χ2n) is 5.68. The zero-order valence-electron chi connectivity index (χ0n) is 10.7. The van der Waals surface area contributed by atoms with Crippen molar-refractivity contribution in [1.82, 2.24) is 10.6 Å². The number of hydrogen-bond donors (Lipinski definition) is 3. The van der Waals surface area contributed by atoms with Crippen molar-refractivity contribution in [3.8, 4) is 0 Å². The molecule has 0 heterocycles. The summed E-state index contributed by atoms with van der Waals surface area (Å²) in [6.45, 7) is 6.02. The molecule has 5 heteroatoms. The monoisotopic (exact) mass is 242 g/mol. The topological polar surface area (TPSA) is 78.4 Å². The van der Waals surface area contributed by atoms with Gasteiger partial charge in [0, 0.05) is 19.0 Å². The first-order chi connectivity index (χ1) is 7.80. The van der Waals surface area contributed by atoms with Crippen LogP contribution in [0.15, 0.2) is 0 Å². The van der Waals surface area contributed by atoms with Crippen LogP contribution >= 0.6 is 0 Å². The number of rotatable bonds is 6. The predicted octanol–water partition coefficient (Wildman–Crippen LogP) is 0.744. The third-order valence-electron chi connectivity index (χ3n) is 2.78. The summed E-state index contributed by atoms with van der Waals surface area (Å²) in [4.78, 5) is 22.6. The molecule has 1 rings (SSSR count). The van der Waals surface area contributed by atoms with Crippen molar-refractivity contribution in [2.45, 2.75) is 52.1 Å². The minimum absolute atomic E-state index is 0.208. The molecule has 1 fully saturated rings. The second kappa shape index (κ2) is 5.49. The van der Waals surface area contributed by atoms with E-state index in [1.54, 1.807) is 20.8 Å². The van der Waals surface area contributed by atoms with E-state index in [2.05, 4.69) is 10.6 Å². The van der Waals surface area contributed by atoms with E-state index in [0.717, 1.165) is 0 Å². The zero-order chi connectivity index (χ0) is 13.1. The van der Waals surface area contributed by atoms with Crippen LogP contribution in [0.25, 0.3) is 0 Å². The van der Waals surface area contributed by atoms with Gasteiger partial charge in [-0.2, -0.15) is 0 Å². The number of carboxylic acid groups (broad SMARTS) is 1. The maximum atomic E-state index is 11.6. The summed E-state index contributed by atoms with van der Waals surface area (Å²) in [7, 11) is 0. The van der Waals surface area contributed by atoms with Gasteiger partial charge in [0.2, 0.25) is 5.91 Å². The van der Waals surface area contributed by atoms with Crippen LogP contribution in [-0.4, -0.2) is 35.6 Å². The summed E-state index contributed by atoms with van der Waals surface area (Å²) in [5.41, 5.74) is -0.481. The first-order valence-electron chi connectivity index (χ1n) is 6.06. The Morgan fingerprint density at radius 2 is 1.94 bits per heavy atom. The summed E-state index contributed by atoms with van der Waals surface area (Å²) in [6.07, 6.45) is 2.69. The van der Waals surface area contributed by atoms with E-state index in [1.807, 2.05) is 0 Å². The average Bonchev–Trinajstić information content (AvgIpc) is 2.95. The van der Waals surface area contributed by atoms with Gasteiger partial charge in [-0.25, -0.2) is 4.79 Å². The molecule has 0 saturated heterocycles. The van der Waals surface area contributed by atoms with Crippen LogP contribution in [-0.2, 0) is 9.59 Å². The minimum Gasteiger partial charge on any atom is -0.480 e. The van der Waals surface area contributed by atoms with Crippen LogP contribution in [0.3, 0.4) is 0 Å². The van der Waals surface area contributed by atoms with E-state index in [-0.39, 0.29) is 5.91 Å². The maximum absolute atomic E-state index is 11.6. The highest BCUT2D eigenvalue weighted by molar-refractivity contribution is 5.84. The summed E-state index contributed by atoms with van der Waals surface area (Å²) in [6, 6.07) is -0.267. The van der Waals surface area contributed by atoms with E-state index in [0.29, 0.717) is 19.0 Å². The summed E-state index contributed by atoms with van der Waals surface area (Å²) < 4.78 is 0. The molecule has 0 spiro atoms. The Labute approximate surface area is 102 Å². The van der Waals surface area contributed by atoms with Gasteiger partial charge in [-0.3, -0.25) is 4.79 Å². The SMILES string of the molecule is CC(C)(C)[C@@H](NC(=O)CCNC1CC1)C(=O)O. The number of carbonyl (C=O) groups excluding carboxylic acids is 1. The number of amides is 1. The minimum atomic E-state index is -0.985. The third-order valence-corrected chi connectivity index (χ3v) is 2.78. The smallest absolute Gasteiger partial charge is 0.326 e. The molecular formula is C12H22N2O3. The number of carboxylic acids is 1. The van der Waals surface area contributed by atoms with Crippen molar-refractivity contribution >= 4 is 11.9 Å². The standard InChI is InChI=1S/C12H22N2O3/c1-12(2,3)10(11(16)17)14-9(15)6-7-13-8-4-5-8/h8,10,13H,4-7H2,1-3H3,(H,14,15)(H,16,17)/t10-/m0/s1. The highest BCUT2D eigenvalue weighted by Crippen LogP contribution is 2.20. The van der Waals surface area contributed by atoms with Crippen LogP contribution in [0.4, 0.5) is 0 Å². The molecule has 0 aromatic heterocycles. The Balaban J connectivity index is 2.32. The van der Waals surface area contributed by atoms with Gasteiger partial charge < -0.3 is 15.7 Å². The molecule has 17 heavy (non-hydrogen) atoms. The Kier molecular flexibility index (Phi) is 4.51. The molecule has 98 valence electrons. The zero-order valence-corrected chi connectivity index (χ0v) is 10.7. The highest BCUT2D eigenvalue weighted by Gasteiger charge is 2.32. The maximum Gasteiger partial charge on any atom is 0.326 e. The molecule has 0 aromatic rings. The van der Waals surface area contributed by atoms with Gasteiger partial charge in [0.05, 0.1) is 0 Å².